The predicted octanol–water partition coefficient (Wildman–Crippen LogP) is 3.85. The molecule has 1 aromatic rings. The van der Waals surface area contributed by atoms with Crippen LogP contribution in [0.4, 0.5) is 0 Å². The predicted molar refractivity (Wildman–Crippen MR) is 121 cm³/mol. The number of unbranched alkanes of at least 4 members (excludes halogenated alkanes) is 1. The van der Waals surface area contributed by atoms with Crippen molar-refractivity contribution in [1.82, 2.24) is 10.2 Å². The van der Waals surface area contributed by atoms with Crippen LogP contribution < -0.4 is 5.32 Å². The Hall–Kier alpha value is -2.63. The molecular formula is C25H36N2O4. The van der Waals surface area contributed by atoms with E-state index in [9.17, 15) is 14.4 Å². The molecule has 3 atom stereocenters. The first-order valence-electron chi connectivity index (χ1n) is 11.2. The fraction of sp³-hybridized carbons (Fsp3) is 0.560. The van der Waals surface area contributed by atoms with Crippen LogP contribution in [0.1, 0.15) is 59.4 Å². The van der Waals surface area contributed by atoms with Gasteiger partial charge in [-0.05, 0) is 24.8 Å². The average Bonchev–Trinajstić information content (AvgIpc) is 2.99. The van der Waals surface area contributed by atoms with E-state index in [1.54, 1.807) is 6.92 Å². The van der Waals surface area contributed by atoms with Crippen LogP contribution in [0, 0.1) is 11.8 Å². The molecule has 0 saturated carbocycles. The van der Waals surface area contributed by atoms with Crippen LogP contribution in [0.2, 0.25) is 0 Å². The van der Waals surface area contributed by atoms with Crippen molar-refractivity contribution < 1.29 is 19.1 Å². The molecule has 1 N–H and O–H groups in total. The third-order valence-corrected chi connectivity index (χ3v) is 5.92. The molecule has 0 saturated heterocycles. The van der Waals surface area contributed by atoms with Gasteiger partial charge in [-0.1, -0.05) is 70.9 Å². The summed E-state index contributed by atoms with van der Waals surface area (Å²) in [4.78, 5) is 40.6. The van der Waals surface area contributed by atoms with Crippen molar-refractivity contribution in [2.45, 2.75) is 72.4 Å². The Morgan fingerprint density at radius 2 is 1.81 bits per heavy atom. The number of carbonyl (C=O) groups is 3. The Morgan fingerprint density at radius 3 is 2.35 bits per heavy atom. The zero-order valence-electron chi connectivity index (χ0n) is 19.6. The van der Waals surface area contributed by atoms with Crippen molar-refractivity contribution in [2.24, 2.45) is 11.8 Å². The average molecular weight is 429 g/mol. The highest BCUT2D eigenvalue weighted by molar-refractivity contribution is 6.09. The Kier molecular flexibility index (Phi) is 8.84. The summed E-state index contributed by atoms with van der Waals surface area (Å²) >= 11 is 0. The Labute approximate surface area is 186 Å². The van der Waals surface area contributed by atoms with Gasteiger partial charge in [0.05, 0.1) is 12.7 Å². The molecule has 6 heteroatoms. The highest BCUT2D eigenvalue weighted by atomic mass is 16.5. The van der Waals surface area contributed by atoms with Gasteiger partial charge in [-0.25, -0.2) is 0 Å². The highest BCUT2D eigenvalue weighted by Gasteiger charge is 2.45. The number of rotatable bonds is 10. The third-order valence-electron chi connectivity index (χ3n) is 5.92. The van der Waals surface area contributed by atoms with Crippen molar-refractivity contribution >= 4 is 17.7 Å². The number of methoxy groups -OCH3 is 1. The Balaban J connectivity index is 2.29. The van der Waals surface area contributed by atoms with Gasteiger partial charge >= 0.3 is 0 Å². The minimum absolute atomic E-state index is 0.150. The van der Waals surface area contributed by atoms with Crippen molar-refractivity contribution in [3.63, 3.8) is 0 Å². The molecule has 31 heavy (non-hydrogen) atoms. The van der Waals surface area contributed by atoms with Crippen LogP contribution in [0.5, 0.6) is 0 Å². The minimum atomic E-state index is -0.775. The summed E-state index contributed by atoms with van der Waals surface area (Å²) in [6.45, 7) is 9.40. The number of benzene rings is 1. The van der Waals surface area contributed by atoms with E-state index in [4.69, 9.17) is 4.74 Å². The van der Waals surface area contributed by atoms with Crippen LogP contribution in [-0.4, -0.2) is 41.8 Å². The van der Waals surface area contributed by atoms with Gasteiger partial charge in [0.15, 0.2) is 0 Å². The number of hydrogen-bond acceptors (Lipinski definition) is 4. The molecule has 0 bridgehead atoms. The van der Waals surface area contributed by atoms with E-state index >= 15 is 0 Å². The fourth-order valence-electron chi connectivity index (χ4n) is 3.96. The number of nitrogens with one attached hydrogen (secondary N) is 1. The molecule has 0 unspecified atom stereocenters. The molecule has 0 aliphatic carbocycles. The molecule has 1 aliphatic heterocycles. The summed E-state index contributed by atoms with van der Waals surface area (Å²) in [7, 11) is 1.52. The Morgan fingerprint density at radius 1 is 1.16 bits per heavy atom. The molecule has 0 fully saturated rings. The molecule has 6 nitrogen and oxygen atoms in total. The van der Waals surface area contributed by atoms with E-state index in [2.05, 4.69) is 12.2 Å². The Bertz CT molecular complexity index is 816. The fourth-order valence-corrected chi connectivity index (χ4v) is 3.96. The van der Waals surface area contributed by atoms with Crippen molar-refractivity contribution in [1.29, 1.82) is 0 Å². The molecule has 2 rings (SSSR count). The van der Waals surface area contributed by atoms with E-state index in [1.165, 1.54) is 12.0 Å². The van der Waals surface area contributed by atoms with Crippen LogP contribution in [0.3, 0.4) is 0 Å². The smallest absolute Gasteiger partial charge is 0.260 e. The zero-order chi connectivity index (χ0) is 23.1. The maximum Gasteiger partial charge on any atom is 0.260 e. The molecule has 1 heterocycles. The number of amides is 3. The molecule has 170 valence electrons. The molecular weight excluding hydrogens is 392 g/mol. The maximum absolute atomic E-state index is 13.6. The van der Waals surface area contributed by atoms with E-state index in [1.807, 2.05) is 51.1 Å². The lowest BCUT2D eigenvalue weighted by atomic mass is 9.98. The molecule has 3 amide bonds. The summed E-state index contributed by atoms with van der Waals surface area (Å²) in [5.74, 6) is -0.731. The first-order valence-corrected chi connectivity index (χ1v) is 11.2. The standard InChI is InChI=1S/C25H36N2O4/c1-7-8-12-17(4)23(28)26-21(16(2)3)25(30)27-20(15-19-13-10-9-11-14-19)22(31-6)18(5)24(27)29/h9-11,13-14,16-17,20-21H,7-8,12,15H2,1-6H3,(H,26,28)/t17-,20-,21+/m0/s1. The van der Waals surface area contributed by atoms with Crippen molar-refractivity contribution in [2.75, 3.05) is 7.11 Å². The van der Waals surface area contributed by atoms with Crippen LogP contribution in [-0.2, 0) is 25.5 Å². The van der Waals surface area contributed by atoms with Crippen LogP contribution in [0.25, 0.3) is 0 Å². The number of nitrogens with zero attached hydrogens (tertiary/aromatic N) is 1. The summed E-state index contributed by atoms with van der Waals surface area (Å²) in [5, 5.41) is 2.91. The van der Waals surface area contributed by atoms with Gasteiger partial charge in [0.2, 0.25) is 5.91 Å². The SMILES string of the molecule is CCCC[C@H](C)C(=O)N[C@@H](C(=O)N1C(=O)C(C)=C(OC)[C@@H]1Cc1ccccc1)C(C)C. The second-order valence-corrected chi connectivity index (χ2v) is 8.69. The first kappa shape index (κ1) is 24.6. The lowest BCUT2D eigenvalue weighted by Gasteiger charge is -2.31. The van der Waals surface area contributed by atoms with E-state index in [0.717, 1.165) is 24.8 Å². The van der Waals surface area contributed by atoms with Crippen molar-refractivity contribution in [3.8, 4) is 0 Å². The lowest BCUT2D eigenvalue weighted by Crippen LogP contribution is -2.55. The molecule has 0 radical (unpaired) electrons. The van der Waals surface area contributed by atoms with Crippen molar-refractivity contribution in [3.05, 3.63) is 47.2 Å². The number of ether oxygens (including phenoxy) is 1. The van der Waals surface area contributed by atoms with Gasteiger partial charge in [0, 0.05) is 12.3 Å². The molecule has 0 spiro atoms. The monoisotopic (exact) mass is 428 g/mol. The second kappa shape index (κ2) is 11.1. The normalized spacial score (nSPS) is 18.4. The molecule has 0 aromatic heterocycles. The van der Waals surface area contributed by atoms with Gasteiger partial charge in [-0.2, -0.15) is 0 Å². The largest absolute Gasteiger partial charge is 0.498 e. The molecule has 1 aromatic carbocycles. The van der Waals surface area contributed by atoms with E-state index in [-0.39, 0.29) is 29.6 Å². The number of imide groups is 1. The molecule has 1 aliphatic rings. The van der Waals surface area contributed by atoms with Gasteiger partial charge in [-0.3, -0.25) is 19.3 Å². The number of hydrogen-bond donors (Lipinski definition) is 1. The summed E-state index contributed by atoms with van der Waals surface area (Å²) in [6, 6.07) is 8.41. The van der Waals surface area contributed by atoms with E-state index in [0.29, 0.717) is 17.8 Å². The quantitative estimate of drug-likeness (QED) is 0.614. The van der Waals surface area contributed by atoms with Gasteiger partial charge in [-0.15, -0.1) is 0 Å². The summed E-state index contributed by atoms with van der Waals surface area (Å²) in [6.07, 6.45) is 3.21. The minimum Gasteiger partial charge on any atom is -0.498 e. The zero-order valence-corrected chi connectivity index (χ0v) is 19.6. The van der Waals surface area contributed by atoms with Gasteiger partial charge in [0.1, 0.15) is 17.8 Å². The second-order valence-electron chi connectivity index (χ2n) is 8.69. The maximum atomic E-state index is 13.6. The summed E-state index contributed by atoms with van der Waals surface area (Å²) in [5.41, 5.74) is 1.43. The first-order chi connectivity index (χ1) is 14.7. The van der Waals surface area contributed by atoms with Crippen LogP contribution >= 0.6 is 0 Å². The van der Waals surface area contributed by atoms with Crippen LogP contribution in [0.15, 0.2) is 41.7 Å². The topological polar surface area (TPSA) is 75.7 Å². The number of carbonyl (C=O) groups excluding carboxylic acids is 3. The summed E-state index contributed by atoms with van der Waals surface area (Å²) < 4.78 is 5.54. The third kappa shape index (κ3) is 5.75. The highest BCUT2D eigenvalue weighted by Crippen LogP contribution is 2.30. The van der Waals surface area contributed by atoms with Gasteiger partial charge < -0.3 is 10.1 Å². The lowest BCUT2D eigenvalue weighted by molar-refractivity contribution is -0.147. The van der Waals surface area contributed by atoms with Gasteiger partial charge in [0.25, 0.3) is 11.8 Å². The van der Waals surface area contributed by atoms with E-state index < -0.39 is 12.1 Å².